The van der Waals surface area contributed by atoms with Gasteiger partial charge in [0.2, 0.25) is 0 Å². The number of H-pyrrole nitrogens is 1. The van der Waals surface area contributed by atoms with Crippen molar-refractivity contribution in [1.82, 2.24) is 9.97 Å². The zero-order valence-corrected chi connectivity index (χ0v) is 15.9. The molecule has 3 aromatic rings. The lowest BCUT2D eigenvalue weighted by atomic mass is 9.89. The molecule has 10 heteroatoms. The molecule has 3 aromatic heterocycles. The normalized spacial score (nSPS) is 16.3. The predicted octanol–water partition coefficient (Wildman–Crippen LogP) is 3.44. The number of nitrogens with zero attached hydrogens (tertiary/aromatic N) is 2. The largest absolute Gasteiger partial charge is 0.453 e. The maximum Gasteiger partial charge on any atom is 0.348 e. The van der Waals surface area contributed by atoms with Crippen LogP contribution in [0.15, 0.2) is 16.9 Å². The molecule has 1 aliphatic carbocycles. The monoisotopic (exact) mass is 405 g/mol. The lowest BCUT2D eigenvalue weighted by Gasteiger charge is -2.17. The van der Waals surface area contributed by atoms with Gasteiger partial charge < -0.3 is 9.72 Å². The maximum absolute atomic E-state index is 12.5. The molecule has 0 spiro atoms. The zero-order valence-electron chi connectivity index (χ0n) is 14.3. The second kappa shape index (κ2) is 6.86. The number of nitro groups is 1. The van der Waals surface area contributed by atoms with Gasteiger partial charge in [-0.15, -0.1) is 11.3 Å². The number of rotatable bonds is 4. The molecule has 8 nitrogen and oxygen atoms in total. The van der Waals surface area contributed by atoms with Gasteiger partial charge in [-0.2, -0.15) is 0 Å². The standard InChI is InChI=1S/C17H15N3O5S2/c1-8-2-3-9-11(6-8)27-16-14(9)15(21)18-12(19-16)7-25-17(22)10-4-5-13(26-10)20(23)24/h4-5,8H,2-3,6-7H2,1H3,(H,18,19,21)/t8-/m0/s1. The average Bonchev–Trinajstić information content (AvgIpc) is 3.24. The van der Waals surface area contributed by atoms with Crippen molar-refractivity contribution in [2.45, 2.75) is 32.8 Å². The highest BCUT2D eigenvalue weighted by Gasteiger charge is 2.23. The van der Waals surface area contributed by atoms with Crippen molar-refractivity contribution < 1.29 is 14.5 Å². The van der Waals surface area contributed by atoms with Gasteiger partial charge in [0.1, 0.15) is 22.1 Å². The van der Waals surface area contributed by atoms with E-state index in [4.69, 9.17) is 4.74 Å². The van der Waals surface area contributed by atoms with Gasteiger partial charge in [-0.05, 0) is 36.8 Å². The molecular formula is C17H15N3O5S2. The first-order valence-electron chi connectivity index (χ1n) is 8.37. The van der Waals surface area contributed by atoms with E-state index in [-0.39, 0.29) is 27.9 Å². The Morgan fingerprint density at radius 3 is 3.00 bits per heavy atom. The molecule has 0 amide bonds. The number of hydrogen-bond acceptors (Lipinski definition) is 8. The predicted molar refractivity (Wildman–Crippen MR) is 102 cm³/mol. The quantitative estimate of drug-likeness (QED) is 0.404. The Hall–Kier alpha value is -2.59. The van der Waals surface area contributed by atoms with Crippen molar-refractivity contribution in [3.8, 4) is 0 Å². The number of carbonyl (C=O) groups excluding carboxylic acids is 1. The summed E-state index contributed by atoms with van der Waals surface area (Å²) in [6.45, 7) is 2.00. The van der Waals surface area contributed by atoms with Crippen LogP contribution in [0.1, 0.15) is 39.3 Å². The molecule has 140 valence electrons. The molecule has 1 N–H and O–H groups in total. The van der Waals surface area contributed by atoms with E-state index in [0.29, 0.717) is 16.1 Å². The third-order valence-electron chi connectivity index (χ3n) is 4.53. The molecule has 1 atom stereocenters. The molecule has 0 unspecified atom stereocenters. The SMILES string of the molecule is C[C@H]1CCc2c(sc3nc(COC(=O)c4ccc([N+](=O)[O-])s4)[nH]c(=O)c23)C1. The zero-order chi connectivity index (χ0) is 19.1. The first-order valence-corrected chi connectivity index (χ1v) is 10.0. The second-order valence-electron chi connectivity index (χ2n) is 6.52. The van der Waals surface area contributed by atoms with E-state index in [1.165, 1.54) is 28.3 Å². The number of fused-ring (bicyclic) bond motifs is 3. The fourth-order valence-electron chi connectivity index (χ4n) is 3.20. The van der Waals surface area contributed by atoms with Crippen molar-refractivity contribution in [2.24, 2.45) is 5.92 Å². The van der Waals surface area contributed by atoms with Crippen LogP contribution in [0.25, 0.3) is 10.2 Å². The number of ether oxygens (including phenoxy) is 1. The Bertz CT molecular complexity index is 1110. The molecule has 4 rings (SSSR count). The number of aromatic nitrogens is 2. The Morgan fingerprint density at radius 2 is 2.26 bits per heavy atom. The molecule has 0 saturated heterocycles. The fourth-order valence-corrected chi connectivity index (χ4v) is 5.32. The molecule has 1 aliphatic rings. The third-order valence-corrected chi connectivity index (χ3v) is 6.69. The number of nitrogens with one attached hydrogen (secondary N) is 1. The van der Waals surface area contributed by atoms with E-state index in [1.807, 2.05) is 0 Å². The van der Waals surface area contributed by atoms with E-state index in [9.17, 15) is 19.7 Å². The lowest BCUT2D eigenvalue weighted by Crippen LogP contribution is -2.16. The van der Waals surface area contributed by atoms with Gasteiger partial charge in [0, 0.05) is 10.9 Å². The van der Waals surface area contributed by atoms with Crippen LogP contribution in [0.2, 0.25) is 0 Å². The number of hydrogen-bond donors (Lipinski definition) is 1. The van der Waals surface area contributed by atoms with Crippen LogP contribution >= 0.6 is 22.7 Å². The minimum atomic E-state index is -0.685. The van der Waals surface area contributed by atoms with E-state index in [2.05, 4.69) is 16.9 Å². The van der Waals surface area contributed by atoms with Crippen molar-refractivity contribution in [3.05, 3.63) is 53.7 Å². The van der Waals surface area contributed by atoms with Crippen molar-refractivity contribution in [3.63, 3.8) is 0 Å². The van der Waals surface area contributed by atoms with E-state index < -0.39 is 10.9 Å². The molecule has 0 radical (unpaired) electrons. The van der Waals surface area contributed by atoms with Gasteiger partial charge in [-0.1, -0.05) is 18.3 Å². The molecule has 0 bridgehead atoms. The summed E-state index contributed by atoms with van der Waals surface area (Å²) < 4.78 is 5.15. The highest BCUT2D eigenvalue weighted by atomic mass is 32.1. The van der Waals surface area contributed by atoms with E-state index in [0.717, 1.165) is 36.2 Å². The Kier molecular flexibility index (Phi) is 4.52. The smallest absolute Gasteiger partial charge is 0.348 e. The second-order valence-corrected chi connectivity index (χ2v) is 8.66. The molecule has 0 fully saturated rings. The number of esters is 1. The summed E-state index contributed by atoms with van der Waals surface area (Å²) in [5.74, 6) is 0.175. The van der Waals surface area contributed by atoms with Gasteiger partial charge in [0.15, 0.2) is 0 Å². The van der Waals surface area contributed by atoms with Crippen LogP contribution in [0.5, 0.6) is 0 Å². The summed E-state index contributed by atoms with van der Waals surface area (Å²) in [6.07, 6.45) is 2.90. The van der Waals surface area contributed by atoms with Gasteiger partial charge in [-0.25, -0.2) is 9.78 Å². The summed E-state index contributed by atoms with van der Waals surface area (Å²) in [7, 11) is 0. The van der Waals surface area contributed by atoms with Crippen LogP contribution in [0, 0.1) is 16.0 Å². The number of aryl methyl sites for hydroxylation is 1. The van der Waals surface area contributed by atoms with Crippen molar-refractivity contribution in [1.29, 1.82) is 0 Å². The summed E-state index contributed by atoms with van der Waals surface area (Å²) in [6, 6.07) is 2.60. The summed E-state index contributed by atoms with van der Waals surface area (Å²) in [5.41, 5.74) is 0.876. The third kappa shape index (κ3) is 3.37. The first-order chi connectivity index (χ1) is 12.9. The topological polar surface area (TPSA) is 115 Å². The number of aromatic amines is 1. The Morgan fingerprint density at radius 1 is 1.44 bits per heavy atom. The van der Waals surface area contributed by atoms with Gasteiger partial charge in [-0.3, -0.25) is 14.9 Å². The highest BCUT2D eigenvalue weighted by Crippen LogP contribution is 2.35. The van der Waals surface area contributed by atoms with E-state index >= 15 is 0 Å². The molecule has 0 saturated carbocycles. The lowest BCUT2D eigenvalue weighted by molar-refractivity contribution is -0.380. The summed E-state index contributed by atoms with van der Waals surface area (Å²) in [4.78, 5) is 43.8. The fraction of sp³-hybridized carbons (Fsp3) is 0.353. The summed E-state index contributed by atoms with van der Waals surface area (Å²) >= 11 is 2.27. The van der Waals surface area contributed by atoms with Crippen molar-refractivity contribution in [2.75, 3.05) is 0 Å². The molecule has 0 aromatic carbocycles. The van der Waals surface area contributed by atoms with E-state index in [1.54, 1.807) is 0 Å². The molecule has 27 heavy (non-hydrogen) atoms. The van der Waals surface area contributed by atoms with Crippen LogP contribution in [0.3, 0.4) is 0 Å². The molecule has 0 aliphatic heterocycles. The minimum absolute atomic E-state index is 0.130. The van der Waals surface area contributed by atoms with Crippen LogP contribution < -0.4 is 5.56 Å². The number of carbonyl (C=O) groups is 1. The first kappa shape index (κ1) is 17.8. The Balaban J connectivity index is 1.55. The van der Waals surface area contributed by atoms with Gasteiger partial charge >= 0.3 is 11.0 Å². The van der Waals surface area contributed by atoms with Crippen molar-refractivity contribution >= 4 is 43.9 Å². The maximum atomic E-state index is 12.5. The average molecular weight is 405 g/mol. The van der Waals surface area contributed by atoms with Crippen LogP contribution in [-0.4, -0.2) is 20.9 Å². The van der Waals surface area contributed by atoms with Gasteiger partial charge in [0.05, 0.1) is 10.3 Å². The van der Waals surface area contributed by atoms with Crippen LogP contribution in [0.4, 0.5) is 5.00 Å². The molecule has 3 heterocycles. The summed E-state index contributed by atoms with van der Waals surface area (Å²) in [5, 5.41) is 11.2. The number of thiophene rings is 2. The van der Waals surface area contributed by atoms with Gasteiger partial charge in [0.25, 0.3) is 5.56 Å². The Labute approximate surface area is 161 Å². The molecular weight excluding hydrogens is 390 g/mol. The minimum Gasteiger partial charge on any atom is -0.453 e. The van der Waals surface area contributed by atoms with Crippen LogP contribution in [-0.2, 0) is 24.2 Å². The highest BCUT2D eigenvalue weighted by molar-refractivity contribution is 7.18.